The smallest absolute Gasteiger partial charge is 0.253 e. The fourth-order valence-electron chi connectivity index (χ4n) is 3.04. The summed E-state index contributed by atoms with van der Waals surface area (Å²) < 4.78 is 0. The number of carbonyl (C=O) groups is 2. The van der Waals surface area contributed by atoms with Crippen LogP contribution in [-0.4, -0.2) is 29.7 Å². The van der Waals surface area contributed by atoms with E-state index in [0.29, 0.717) is 37.2 Å². The zero-order valence-electron chi connectivity index (χ0n) is 13.4. The lowest BCUT2D eigenvalue weighted by Gasteiger charge is -2.31. The minimum atomic E-state index is -0.0112. The third-order valence-electron chi connectivity index (χ3n) is 4.34. The van der Waals surface area contributed by atoms with Crippen LogP contribution in [0.2, 0.25) is 0 Å². The van der Waals surface area contributed by atoms with Gasteiger partial charge in [0.1, 0.15) is 0 Å². The molecule has 1 fully saturated rings. The molecule has 2 N–H and O–H groups in total. The molecule has 1 saturated heterocycles. The molecule has 0 atom stereocenters. The number of hydrogen-bond donors (Lipinski definition) is 1. The van der Waals surface area contributed by atoms with E-state index in [4.69, 9.17) is 5.73 Å². The van der Waals surface area contributed by atoms with E-state index in [-0.39, 0.29) is 30.0 Å². The standard InChI is InChI=1S/C19H20N2O2.ClH/c20-17-8-4-7-16(13-17)19(23)21-11-9-15(10-12-21)18(22)14-5-2-1-3-6-14;/h1-8,13,15H,9-12,20H2;1H. The molecular formula is C19H21ClN2O2. The Morgan fingerprint density at radius 3 is 2.17 bits per heavy atom. The number of halogens is 1. The van der Waals surface area contributed by atoms with E-state index in [1.165, 1.54) is 0 Å². The topological polar surface area (TPSA) is 63.4 Å². The first kappa shape index (κ1) is 18.0. The summed E-state index contributed by atoms with van der Waals surface area (Å²) in [6.45, 7) is 1.22. The first-order valence-corrected chi connectivity index (χ1v) is 7.89. The molecule has 1 aliphatic heterocycles. The Morgan fingerprint density at radius 2 is 1.54 bits per heavy atom. The van der Waals surface area contributed by atoms with Crippen LogP contribution in [0.25, 0.3) is 0 Å². The van der Waals surface area contributed by atoms with E-state index in [0.717, 1.165) is 5.56 Å². The molecule has 0 radical (unpaired) electrons. The van der Waals surface area contributed by atoms with Gasteiger partial charge in [-0.15, -0.1) is 12.4 Å². The maximum Gasteiger partial charge on any atom is 0.253 e. The van der Waals surface area contributed by atoms with Crippen molar-refractivity contribution < 1.29 is 9.59 Å². The number of nitrogens with zero attached hydrogens (tertiary/aromatic N) is 1. The van der Waals surface area contributed by atoms with Gasteiger partial charge >= 0.3 is 0 Å². The first-order chi connectivity index (χ1) is 11.1. The molecule has 24 heavy (non-hydrogen) atoms. The van der Waals surface area contributed by atoms with Gasteiger partial charge in [-0.1, -0.05) is 36.4 Å². The highest BCUT2D eigenvalue weighted by Crippen LogP contribution is 2.23. The molecule has 0 unspecified atom stereocenters. The summed E-state index contributed by atoms with van der Waals surface area (Å²) in [7, 11) is 0. The number of nitrogen functional groups attached to an aromatic ring is 1. The van der Waals surface area contributed by atoms with Gasteiger partial charge in [0.05, 0.1) is 0 Å². The monoisotopic (exact) mass is 344 g/mol. The van der Waals surface area contributed by atoms with Crippen molar-refractivity contribution in [3.05, 3.63) is 65.7 Å². The van der Waals surface area contributed by atoms with Crippen LogP contribution >= 0.6 is 12.4 Å². The van der Waals surface area contributed by atoms with E-state index in [1.54, 1.807) is 24.3 Å². The Bertz CT molecular complexity index is 710. The molecule has 3 rings (SSSR count). The quantitative estimate of drug-likeness (QED) is 0.685. The second kappa shape index (κ2) is 7.97. The Kier molecular flexibility index (Phi) is 5.99. The van der Waals surface area contributed by atoms with Crippen LogP contribution in [0.4, 0.5) is 5.69 Å². The van der Waals surface area contributed by atoms with Crippen molar-refractivity contribution in [1.29, 1.82) is 0 Å². The van der Waals surface area contributed by atoms with Gasteiger partial charge in [-0.05, 0) is 31.0 Å². The van der Waals surface area contributed by atoms with Crippen LogP contribution in [0.3, 0.4) is 0 Å². The number of likely N-dealkylation sites (tertiary alicyclic amines) is 1. The Hall–Kier alpha value is -2.33. The van der Waals surface area contributed by atoms with Crippen molar-refractivity contribution >= 4 is 29.8 Å². The third-order valence-corrected chi connectivity index (χ3v) is 4.34. The number of hydrogen-bond acceptors (Lipinski definition) is 3. The number of nitrogens with two attached hydrogens (primary N) is 1. The van der Waals surface area contributed by atoms with Crippen molar-refractivity contribution in [2.75, 3.05) is 18.8 Å². The number of rotatable bonds is 3. The van der Waals surface area contributed by atoms with E-state index >= 15 is 0 Å². The normalized spacial score (nSPS) is 14.8. The van der Waals surface area contributed by atoms with Crippen molar-refractivity contribution in [3.8, 4) is 0 Å². The third kappa shape index (κ3) is 3.95. The maximum absolute atomic E-state index is 12.5. The molecule has 1 amide bonds. The lowest BCUT2D eigenvalue weighted by molar-refractivity contribution is 0.0650. The predicted octanol–water partition coefficient (Wildman–Crippen LogP) is 3.43. The van der Waals surface area contributed by atoms with Crippen LogP contribution < -0.4 is 5.73 Å². The fraction of sp³-hybridized carbons (Fsp3) is 0.263. The second-order valence-electron chi connectivity index (χ2n) is 5.92. The van der Waals surface area contributed by atoms with Crippen molar-refractivity contribution in [2.24, 2.45) is 5.92 Å². The van der Waals surface area contributed by atoms with Crippen LogP contribution in [0.5, 0.6) is 0 Å². The molecule has 1 aliphatic rings. The van der Waals surface area contributed by atoms with Crippen LogP contribution in [0.1, 0.15) is 33.6 Å². The minimum Gasteiger partial charge on any atom is -0.399 e. The lowest BCUT2D eigenvalue weighted by Crippen LogP contribution is -2.40. The molecule has 126 valence electrons. The van der Waals surface area contributed by atoms with Crippen LogP contribution in [0, 0.1) is 5.92 Å². The van der Waals surface area contributed by atoms with E-state index in [1.807, 2.05) is 35.2 Å². The van der Waals surface area contributed by atoms with Crippen molar-refractivity contribution in [3.63, 3.8) is 0 Å². The Labute approximate surface area is 148 Å². The van der Waals surface area contributed by atoms with Crippen molar-refractivity contribution in [1.82, 2.24) is 4.90 Å². The van der Waals surface area contributed by atoms with Gasteiger partial charge in [-0.3, -0.25) is 9.59 Å². The van der Waals surface area contributed by atoms with Crippen molar-refractivity contribution in [2.45, 2.75) is 12.8 Å². The number of piperidine rings is 1. The summed E-state index contributed by atoms with van der Waals surface area (Å²) in [5, 5.41) is 0. The molecule has 0 aromatic heterocycles. The molecule has 5 heteroatoms. The molecule has 0 spiro atoms. The van der Waals surface area contributed by atoms with Crippen LogP contribution in [-0.2, 0) is 0 Å². The zero-order valence-corrected chi connectivity index (χ0v) is 14.2. The second-order valence-corrected chi connectivity index (χ2v) is 5.92. The van der Waals surface area contributed by atoms with Gasteiger partial charge in [0.25, 0.3) is 5.91 Å². The number of anilines is 1. The van der Waals surface area contributed by atoms with Gasteiger partial charge in [-0.25, -0.2) is 0 Å². The molecule has 0 bridgehead atoms. The molecule has 0 aliphatic carbocycles. The number of amides is 1. The fourth-order valence-corrected chi connectivity index (χ4v) is 3.04. The first-order valence-electron chi connectivity index (χ1n) is 7.89. The summed E-state index contributed by atoms with van der Waals surface area (Å²) in [6.07, 6.45) is 1.42. The Balaban J connectivity index is 0.00000208. The Morgan fingerprint density at radius 1 is 0.917 bits per heavy atom. The zero-order chi connectivity index (χ0) is 16.2. The number of Topliss-reactive ketones (excluding diaryl/α,β-unsaturated/α-hetero) is 1. The van der Waals surface area contributed by atoms with Gasteiger partial charge in [0.15, 0.2) is 5.78 Å². The minimum absolute atomic E-state index is 0. The maximum atomic E-state index is 12.5. The highest BCUT2D eigenvalue weighted by atomic mass is 35.5. The SMILES string of the molecule is Cl.Nc1cccc(C(=O)N2CCC(C(=O)c3ccccc3)CC2)c1. The van der Waals surface area contributed by atoms with Gasteiger partial charge in [0.2, 0.25) is 0 Å². The molecule has 0 saturated carbocycles. The summed E-state index contributed by atoms with van der Waals surface area (Å²) in [5.41, 5.74) is 7.69. The summed E-state index contributed by atoms with van der Waals surface area (Å²) >= 11 is 0. The van der Waals surface area contributed by atoms with E-state index < -0.39 is 0 Å². The van der Waals surface area contributed by atoms with Gasteiger partial charge in [0, 0.05) is 35.8 Å². The van der Waals surface area contributed by atoms with Gasteiger partial charge < -0.3 is 10.6 Å². The predicted molar refractivity (Wildman–Crippen MR) is 97.5 cm³/mol. The average molecular weight is 345 g/mol. The number of benzene rings is 2. The van der Waals surface area contributed by atoms with E-state index in [9.17, 15) is 9.59 Å². The average Bonchev–Trinajstić information content (AvgIpc) is 2.61. The molecule has 2 aromatic carbocycles. The van der Waals surface area contributed by atoms with Gasteiger partial charge in [-0.2, -0.15) is 0 Å². The largest absolute Gasteiger partial charge is 0.399 e. The number of ketones is 1. The van der Waals surface area contributed by atoms with Crippen LogP contribution in [0.15, 0.2) is 54.6 Å². The lowest BCUT2D eigenvalue weighted by atomic mass is 9.88. The summed E-state index contributed by atoms with van der Waals surface area (Å²) in [5.74, 6) is 0.173. The molecular weight excluding hydrogens is 324 g/mol. The van der Waals surface area contributed by atoms with E-state index in [2.05, 4.69) is 0 Å². The number of carbonyl (C=O) groups excluding carboxylic acids is 2. The summed E-state index contributed by atoms with van der Waals surface area (Å²) in [4.78, 5) is 26.8. The molecule has 2 aromatic rings. The molecule has 1 heterocycles. The summed E-state index contributed by atoms with van der Waals surface area (Å²) in [6, 6.07) is 16.4. The highest BCUT2D eigenvalue weighted by Gasteiger charge is 2.28. The highest BCUT2D eigenvalue weighted by molar-refractivity contribution is 5.98. The molecule has 4 nitrogen and oxygen atoms in total.